The van der Waals surface area contributed by atoms with Crippen LogP contribution in [0.4, 0.5) is 0 Å². The SMILES string of the molecule is CNCc1ccnc(CNCCCN(C)C(c2ccccc2)N(Cc2cc(CNCC3CC3)ccn2)C[C@@H]2CCCN2Cc2ccccc2)c1. The normalized spacial score (nSPS) is 17.2. The van der Waals surface area contributed by atoms with E-state index in [2.05, 4.69) is 128 Å². The molecule has 0 bridgehead atoms. The van der Waals surface area contributed by atoms with Gasteiger partial charge in [-0.3, -0.25) is 24.7 Å². The Morgan fingerprint density at radius 2 is 1.52 bits per heavy atom. The van der Waals surface area contributed by atoms with Gasteiger partial charge < -0.3 is 16.0 Å². The Morgan fingerprint density at radius 1 is 0.800 bits per heavy atom. The standard InChI is InChI=1S/C42H58N8/c1-43-27-36-18-21-46-39(25-36)30-44-20-10-23-48(2)42(38-13-7-4-8-14-38)50(32-40-26-37(19-22-47-40)29-45-28-34-16-17-34)33-41-15-9-24-49(41)31-35-11-5-3-6-12-35/h3-8,11-14,18-19,21-22,25-26,34,41-45H,9-10,15-17,20,23-24,27-33H2,1-2H3/t41-,42?/m0/s1. The number of nitrogens with one attached hydrogen (secondary N) is 3. The smallest absolute Gasteiger partial charge is 0.0887 e. The Labute approximate surface area is 300 Å². The predicted octanol–water partition coefficient (Wildman–Crippen LogP) is 5.97. The van der Waals surface area contributed by atoms with Gasteiger partial charge in [-0.1, -0.05) is 60.7 Å². The van der Waals surface area contributed by atoms with Gasteiger partial charge in [0.25, 0.3) is 0 Å². The lowest BCUT2D eigenvalue weighted by atomic mass is 10.1. The summed E-state index contributed by atoms with van der Waals surface area (Å²) in [7, 11) is 4.28. The van der Waals surface area contributed by atoms with Crippen LogP contribution in [0.25, 0.3) is 0 Å². The van der Waals surface area contributed by atoms with Crippen molar-refractivity contribution in [2.24, 2.45) is 5.92 Å². The summed E-state index contributed by atoms with van der Waals surface area (Å²) in [4.78, 5) is 17.5. The average molecular weight is 675 g/mol. The van der Waals surface area contributed by atoms with E-state index in [1.165, 1.54) is 47.9 Å². The van der Waals surface area contributed by atoms with Crippen LogP contribution in [0.2, 0.25) is 0 Å². The number of nitrogens with zero attached hydrogens (tertiary/aromatic N) is 5. The average Bonchev–Trinajstić information content (AvgIpc) is 3.87. The van der Waals surface area contributed by atoms with Crippen LogP contribution < -0.4 is 16.0 Å². The summed E-state index contributed by atoms with van der Waals surface area (Å²) in [5.41, 5.74) is 7.56. The van der Waals surface area contributed by atoms with Gasteiger partial charge in [-0.2, -0.15) is 0 Å². The van der Waals surface area contributed by atoms with Crippen molar-refractivity contribution in [1.82, 2.24) is 40.6 Å². The Bertz CT molecular complexity index is 1550. The number of rotatable bonds is 21. The van der Waals surface area contributed by atoms with E-state index in [4.69, 9.17) is 4.98 Å². The van der Waals surface area contributed by atoms with Gasteiger partial charge in [0, 0.05) is 64.2 Å². The lowest BCUT2D eigenvalue weighted by molar-refractivity contribution is 0.0304. The van der Waals surface area contributed by atoms with Gasteiger partial charge in [0.2, 0.25) is 0 Å². The summed E-state index contributed by atoms with van der Waals surface area (Å²) < 4.78 is 0. The molecule has 2 fully saturated rings. The highest BCUT2D eigenvalue weighted by Crippen LogP contribution is 2.30. The lowest BCUT2D eigenvalue weighted by Crippen LogP contribution is -2.46. The second kappa shape index (κ2) is 19.2. The number of likely N-dealkylation sites (tertiary alicyclic amines) is 1. The van der Waals surface area contributed by atoms with Crippen molar-refractivity contribution in [3.63, 3.8) is 0 Å². The molecule has 3 N–H and O–H groups in total. The zero-order valence-electron chi connectivity index (χ0n) is 30.3. The maximum absolute atomic E-state index is 4.94. The van der Waals surface area contributed by atoms with Crippen LogP contribution in [0.5, 0.6) is 0 Å². The molecule has 6 rings (SSSR count). The second-order valence-corrected chi connectivity index (χ2v) is 14.4. The highest BCUT2D eigenvalue weighted by atomic mass is 15.4. The predicted molar refractivity (Wildman–Crippen MR) is 204 cm³/mol. The van der Waals surface area contributed by atoms with Gasteiger partial charge in [0.1, 0.15) is 0 Å². The fraction of sp³-hybridized carbons (Fsp3) is 0.476. The Hall–Kier alpha value is -3.50. The molecule has 1 unspecified atom stereocenters. The van der Waals surface area contributed by atoms with Crippen LogP contribution in [-0.4, -0.2) is 77.5 Å². The molecule has 2 aromatic heterocycles. The van der Waals surface area contributed by atoms with E-state index in [1.54, 1.807) is 0 Å². The first-order valence-corrected chi connectivity index (χ1v) is 18.9. The van der Waals surface area contributed by atoms with E-state index >= 15 is 0 Å². The highest BCUT2D eigenvalue weighted by molar-refractivity contribution is 5.21. The maximum atomic E-state index is 4.94. The summed E-state index contributed by atoms with van der Waals surface area (Å²) in [5, 5.41) is 10.6. The number of benzene rings is 2. The molecule has 3 heterocycles. The monoisotopic (exact) mass is 674 g/mol. The molecule has 1 saturated carbocycles. The molecule has 266 valence electrons. The summed E-state index contributed by atoms with van der Waals surface area (Å²) >= 11 is 0. The van der Waals surface area contributed by atoms with Crippen LogP contribution in [0.15, 0.2) is 97.3 Å². The van der Waals surface area contributed by atoms with Gasteiger partial charge in [0.15, 0.2) is 0 Å². The first kappa shape index (κ1) is 36.3. The van der Waals surface area contributed by atoms with E-state index < -0.39 is 0 Å². The molecule has 50 heavy (non-hydrogen) atoms. The zero-order chi connectivity index (χ0) is 34.4. The molecular formula is C42H58N8. The van der Waals surface area contributed by atoms with Gasteiger partial charge in [-0.25, -0.2) is 0 Å². The van der Waals surface area contributed by atoms with Crippen molar-refractivity contribution in [3.05, 3.63) is 131 Å². The summed E-state index contributed by atoms with van der Waals surface area (Å²) in [6, 6.07) is 31.4. The molecule has 2 aromatic carbocycles. The van der Waals surface area contributed by atoms with Gasteiger partial charge in [0.05, 0.1) is 17.6 Å². The lowest BCUT2D eigenvalue weighted by Gasteiger charge is -2.41. The Balaban J connectivity index is 1.17. The Morgan fingerprint density at radius 3 is 2.28 bits per heavy atom. The fourth-order valence-corrected chi connectivity index (χ4v) is 7.43. The van der Waals surface area contributed by atoms with Gasteiger partial charge in [-0.15, -0.1) is 0 Å². The third-order valence-corrected chi connectivity index (χ3v) is 10.2. The van der Waals surface area contributed by atoms with Crippen molar-refractivity contribution in [1.29, 1.82) is 0 Å². The van der Waals surface area contributed by atoms with Crippen molar-refractivity contribution < 1.29 is 0 Å². The van der Waals surface area contributed by atoms with E-state index in [-0.39, 0.29) is 6.17 Å². The molecule has 8 nitrogen and oxygen atoms in total. The third-order valence-electron chi connectivity index (χ3n) is 10.2. The first-order chi connectivity index (χ1) is 24.6. The minimum atomic E-state index is 0.133. The first-order valence-electron chi connectivity index (χ1n) is 18.9. The third kappa shape index (κ3) is 11.3. The van der Waals surface area contributed by atoms with Crippen LogP contribution >= 0.6 is 0 Å². The molecule has 0 radical (unpaired) electrons. The van der Waals surface area contributed by atoms with Crippen molar-refractivity contribution >= 4 is 0 Å². The van der Waals surface area contributed by atoms with E-state index in [0.29, 0.717) is 6.04 Å². The van der Waals surface area contributed by atoms with Crippen LogP contribution in [0, 0.1) is 5.92 Å². The minimum absolute atomic E-state index is 0.133. The molecule has 0 spiro atoms. The van der Waals surface area contributed by atoms with Crippen molar-refractivity contribution in [2.75, 3.05) is 46.8 Å². The Kier molecular flexibility index (Phi) is 13.9. The molecule has 2 atom stereocenters. The number of hydrogen-bond donors (Lipinski definition) is 3. The topological polar surface area (TPSA) is 71.6 Å². The molecule has 2 aliphatic rings. The molecule has 0 amide bonds. The quantitative estimate of drug-likeness (QED) is 0.0738. The van der Waals surface area contributed by atoms with Crippen molar-refractivity contribution in [2.45, 2.75) is 77.0 Å². The van der Waals surface area contributed by atoms with Gasteiger partial charge >= 0.3 is 0 Å². The molecule has 4 aromatic rings. The van der Waals surface area contributed by atoms with Crippen molar-refractivity contribution in [3.8, 4) is 0 Å². The molecular weight excluding hydrogens is 617 g/mol. The summed E-state index contributed by atoms with van der Waals surface area (Å²) in [6.45, 7) is 9.55. The molecule has 8 heteroatoms. The fourth-order valence-electron chi connectivity index (χ4n) is 7.43. The van der Waals surface area contributed by atoms with E-state index in [9.17, 15) is 0 Å². The summed E-state index contributed by atoms with van der Waals surface area (Å²) in [6.07, 6.45) is 10.3. The van der Waals surface area contributed by atoms with E-state index in [1.807, 2.05) is 19.4 Å². The number of pyridine rings is 2. The highest BCUT2D eigenvalue weighted by Gasteiger charge is 2.32. The number of hydrogen-bond acceptors (Lipinski definition) is 8. The molecule has 1 aliphatic heterocycles. The molecule has 1 saturated heterocycles. The minimum Gasteiger partial charge on any atom is -0.316 e. The maximum Gasteiger partial charge on any atom is 0.0887 e. The van der Waals surface area contributed by atoms with Crippen LogP contribution in [0.3, 0.4) is 0 Å². The zero-order valence-corrected chi connectivity index (χ0v) is 30.3. The second-order valence-electron chi connectivity index (χ2n) is 14.4. The largest absolute Gasteiger partial charge is 0.316 e. The van der Waals surface area contributed by atoms with E-state index in [0.717, 1.165) is 89.2 Å². The number of aromatic nitrogens is 2. The van der Waals surface area contributed by atoms with Crippen LogP contribution in [0.1, 0.15) is 71.9 Å². The van der Waals surface area contributed by atoms with Crippen LogP contribution in [-0.2, 0) is 32.7 Å². The van der Waals surface area contributed by atoms with Gasteiger partial charge in [-0.05, 0) is 118 Å². The molecule has 1 aliphatic carbocycles. The summed E-state index contributed by atoms with van der Waals surface area (Å²) in [5.74, 6) is 0.876.